The quantitative estimate of drug-likeness (QED) is 0.695. The van der Waals surface area contributed by atoms with Crippen molar-refractivity contribution in [2.75, 3.05) is 0 Å². The number of amides is 3. The van der Waals surface area contributed by atoms with Crippen LogP contribution >= 0.6 is 34.5 Å². The van der Waals surface area contributed by atoms with Gasteiger partial charge in [0.1, 0.15) is 0 Å². The molecule has 1 aromatic heterocycles. The molecule has 0 aliphatic carbocycles. The van der Waals surface area contributed by atoms with Crippen molar-refractivity contribution in [1.82, 2.24) is 5.32 Å². The minimum Gasteiger partial charge on any atom is -0.367 e. The molecule has 9 heteroatoms. The fraction of sp³-hybridized carbons (Fsp3) is 0.0714. The molecule has 1 aromatic carbocycles. The van der Waals surface area contributed by atoms with Gasteiger partial charge in [-0.25, -0.2) is 0 Å². The molecular weight excluding hydrogens is 361 g/mol. The summed E-state index contributed by atoms with van der Waals surface area (Å²) in [7, 11) is 0. The van der Waals surface area contributed by atoms with Crippen molar-refractivity contribution >= 4 is 52.3 Å². The maximum Gasteiger partial charge on any atom is 0.262 e. The Morgan fingerprint density at radius 1 is 1.00 bits per heavy atom. The van der Waals surface area contributed by atoms with Crippen molar-refractivity contribution in [2.45, 2.75) is 6.04 Å². The van der Waals surface area contributed by atoms with Crippen molar-refractivity contribution in [2.24, 2.45) is 11.5 Å². The molecule has 5 N–H and O–H groups in total. The summed E-state index contributed by atoms with van der Waals surface area (Å²) in [6.07, 6.45) is 0. The molecule has 1 heterocycles. The van der Waals surface area contributed by atoms with E-state index in [4.69, 9.17) is 34.7 Å². The zero-order valence-corrected chi connectivity index (χ0v) is 13.8. The molecule has 0 aliphatic rings. The SMILES string of the molecule is NC(=O)C(NC(=O)c1ccc(-c2cc(Cl)cc(Cl)c2)s1)C(N)=O. The van der Waals surface area contributed by atoms with Gasteiger partial charge >= 0.3 is 0 Å². The van der Waals surface area contributed by atoms with E-state index in [0.29, 0.717) is 10.0 Å². The van der Waals surface area contributed by atoms with Crippen molar-refractivity contribution < 1.29 is 14.4 Å². The average Bonchev–Trinajstić information content (AvgIpc) is 2.92. The number of hydrogen-bond acceptors (Lipinski definition) is 4. The normalized spacial score (nSPS) is 10.6. The molecule has 0 saturated heterocycles. The maximum absolute atomic E-state index is 12.1. The molecular formula is C14H11Cl2N3O3S. The Labute approximate surface area is 145 Å². The fourth-order valence-electron chi connectivity index (χ4n) is 1.80. The van der Waals surface area contributed by atoms with E-state index in [1.165, 1.54) is 0 Å². The predicted molar refractivity (Wildman–Crippen MR) is 89.4 cm³/mol. The monoisotopic (exact) mass is 371 g/mol. The summed E-state index contributed by atoms with van der Waals surface area (Å²) >= 11 is 13.0. The van der Waals surface area contributed by atoms with Crippen LogP contribution in [0.25, 0.3) is 10.4 Å². The molecule has 0 radical (unpaired) electrons. The summed E-state index contributed by atoms with van der Waals surface area (Å²) in [5.41, 5.74) is 10.8. The molecule has 0 atom stereocenters. The third-order valence-electron chi connectivity index (χ3n) is 2.82. The van der Waals surface area contributed by atoms with Crippen LogP contribution in [0.15, 0.2) is 30.3 Å². The molecule has 0 aliphatic heterocycles. The Morgan fingerprint density at radius 2 is 1.57 bits per heavy atom. The van der Waals surface area contributed by atoms with Gasteiger partial charge in [0.05, 0.1) is 4.88 Å². The van der Waals surface area contributed by atoms with Crippen LogP contribution in [0.2, 0.25) is 10.0 Å². The number of thiophene rings is 1. The number of carbonyl (C=O) groups is 3. The first-order valence-corrected chi connectivity index (χ1v) is 7.81. The first-order chi connectivity index (χ1) is 10.8. The molecule has 0 fully saturated rings. The molecule has 0 spiro atoms. The lowest BCUT2D eigenvalue weighted by Gasteiger charge is -2.10. The number of primary amides is 2. The van der Waals surface area contributed by atoms with Crippen LogP contribution in [-0.4, -0.2) is 23.8 Å². The van der Waals surface area contributed by atoms with E-state index in [0.717, 1.165) is 21.8 Å². The molecule has 0 bridgehead atoms. The van der Waals surface area contributed by atoms with Crippen molar-refractivity contribution in [1.29, 1.82) is 0 Å². The first-order valence-electron chi connectivity index (χ1n) is 6.23. The number of benzene rings is 1. The Bertz CT molecular complexity index is 757. The molecule has 23 heavy (non-hydrogen) atoms. The summed E-state index contributed by atoms with van der Waals surface area (Å²) in [6, 6.07) is 6.69. The van der Waals surface area contributed by atoms with Crippen LogP contribution in [0.5, 0.6) is 0 Å². The van der Waals surface area contributed by atoms with Gasteiger partial charge in [-0.3, -0.25) is 14.4 Å². The number of rotatable bonds is 5. The van der Waals surface area contributed by atoms with Gasteiger partial charge in [-0.15, -0.1) is 11.3 Å². The minimum absolute atomic E-state index is 0.281. The second kappa shape index (κ2) is 6.99. The van der Waals surface area contributed by atoms with Gasteiger partial charge in [0.15, 0.2) is 6.04 Å². The van der Waals surface area contributed by atoms with Crippen molar-refractivity contribution in [3.63, 3.8) is 0 Å². The number of halogens is 2. The largest absolute Gasteiger partial charge is 0.367 e. The average molecular weight is 372 g/mol. The third-order valence-corrected chi connectivity index (χ3v) is 4.39. The highest BCUT2D eigenvalue weighted by Crippen LogP contribution is 2.32. The highest BCUT2D eigenvalue weighted by molar-refractivity contribution is 7.17. The van der Waals surface area contributed by atoms with Crippen LogP contribution in [0, 0.1) is 0 Å². The lowest BCUT2D eigenvalue weighted by Crippen LogP contribution is -2.52. The summed E-state index contributed by atoms with van der Waals surface area (Å²) < 4.78 is 0. The van der Waals surface area contributed by atoms with Crippen molar-refractivity contribution in [3.05, 3.63) is 45.3 Å². The fourth-order valence-corrected chi connectivity index (χ4v) is 3.22. The van der Waals surface area contributed by atoms with E-state index in [-0.39, 0.29) is 4.88 Å². The molecule has 2 aromatic rings. The Balaban J connectivity index is 2.23. The van der Waals surface area contributed by atoms with E-state index < -0.39 is 23.8 Å². The van der Waals surface area contributed by atoms with E-state index >= 15 is 0 Å². The first kappa shape index (κ1) is 17.3. The Morgan fingerprint density at radius 3 is 2.09 bits per heavy atom. The van der Waals surface area contributed by atoms with E-state index in [1.807, 2.05) is 0 Å². The maximum atomic E-state index is 12.1. The van der Waals surface area contributed by atoms with Crippen LogP contribution in [0.3, 0.4) is 0 Å². The predicted octanol–water partition coefficient (Wildman–Crippen LogP) is 1.79. The lowest BCUT2D eigenvalue weighted by atomic mass is 10.2. The second-order valence-electron chi connectivity index (χ2n) is 4.53. The van der Waals surface area contributed by atoms with Crippen LogP contribution < -0.4 is 16.8 Å². The Kier molecular flexibility index (Phi) is 5.25. The van der Waals surface area contributed by atoms with Gasteiger partial charge < -0.3 is 16.8 Å². The third kappa shape index (κ3) is 4.22. The van der Waals surface area contributed by atoms with Gasteiger partial charge in [0, 0.05) is 14.9 Å². The summed E-state index contributed by atoms with van der Waals surface area (Å²) in [5.74, 6) is -2.68. The standard InChI is InChI=1S/C14H11Cl2N3O3S/c15-7-3-6(4-8(16)5-7)9-1-2-10(23-9)14(22)19-11(12(17)20)13(18)21/h1-5,11H,(H2,17,20)(H2,18,21)(H,19,22). The van der Waals surface area contributed by atoms with Crippen LogP contribution in [-0.2, 0) is 9.59 Å². The molecule has 6 nitrogen and oxygen atoms in total. The number of nitrogens with two attached hydrogens (primary N) is 2. The summed E-state index contributed by atoms with van der Waals surface area (Å²) in [4.78, 5) is 35.3. The number of nitrogens with one attached hydrogen (secondary N) is 1. The molecule has 2 rings (SSSR count). The smallest absolute Gasteiger partial charge is 0.262 e. The van der Waals surface area contributed by atoms with E-state index in [9.17, 15) is 14.4 Å². The molecule has 0 unspecified atom stereocenters. The minimum atomic E-state index is -1.56. The second-order valence-corrected chi connectivity index (χ2v) is 6.49. The highest BCUT2D eigenvalue weighted by atomic mass is 35.5. The lowest BCUT2D eigenvalue weighted by molar-refractivity contribution is -0.128. The van der Waals surface area contributed by atoms with Gasteiger partial charge in [0.25, 0.3) is 5.91 Å². The molecule has 0 saturated carbocycles. The van der Waals surface area contributed by atoms with Crippen molar-refractivity contribution in [3.8, 4) is 10.4 Å². The van der Waals surface area contributed by atoms with Gasteiger partial charge in [-0.1, -0.05) is 23.2 Å². The number of carbonyl (C=O) groups excluding carboxylic acids is 3. The zero-order valence-electron chi connectivity index (χ0n) is 11.5. The Hall–Kier alpha value is -2.09. The van der Waals surface area contributed by atoms with Crippen LogP contribution in [0.4, 0.5) is 0 Å². The summed E-state index contributed by atoms with van der Waals surface area (Å²) in [6.45, 7) is 0. The van der Waals surface area contributed by atoms with Gasteiger partial charge in [-0.2, -0.15) is 0 Å². The number of hydrogen-bond donors (Lipinski definition) is 3. The van der Waals surface area contributed by atoms with Gasteiger partial charge in [-0.05, 0) is 35.9 Å². The zero-order chi connectivity index (χ0) is 17.1. The van der Waals surface area contributed by atoms with E-state index in [2.05, 4.69) is 5.32 Å². The topological polar surface area (TPSA) is 115 Å². The molecule has 120 valence electrons. The summed E-state index contributed by atoms with van der Waals surface area (Å²) in [5, 5.41) is 3.12. The van der Waals surface area contributed by atoms with Crippen LogP contribution in [0.1, 0.15) is 9.67 Å². The van der Waals surface area contributed by atoms with E-state index in [1.54, 1.807) is 30.3 Å². The van der Waals surface area contributed by atoms with Gasteiger partial charge in [0.2, 0.25) is 11.8 Å². The highest BCUT2D eigenvalue weighted by Gasteiger charge is 2.25. The molecule has 3 amide bonds.